The Morgan fingerprint density at radius 1 is 1.05 bits per heavy atom. The number of benzene rings is 2. The number of carbonyl (C=O) groups excluding carboxylic acids is 1. The van der Waals surface area contributed by atoms with Crippen LogP contribution in [0.15, 0.2) is 42.5 Å². The molecule has 5 heteroatoms. The fourth-order valence-electron chi connectivity index (χ4n) is 1.66. The summed E-state index contributed by atoms with van der Waals surface area (Å²) in [5.41, 5.74) is -0.0408. The lowest BCUT2D eigenvalue weighted by molar-refractivity contribution is -0.138. The Morgan fingerprint density at radius 3 is 2.25 bits per heavy atom. The quantitative estimate of drug-likeness (QED) is 0.767. The zero-order valence-corrected chi connectivity index (χ0v) is 10.6. The van der Waals surface area contributed by atoms with Crippen molar-refractivity contribution in [3.05, 3.63) is 59.2 Å². The van der Waals surface area contributed by atoms with Crippen LogP contribution < -0.4 is 4.74 Å². The number of aldehydes is 1. The van der Waals surface area contributed by atoms with E-state index in [1.54, 1.807) is 24.3 Å². The van der Waals surface area contributed by atoms with Gasteiger partial charge in [-0.25, -0.2) is 0 Å². The molecular formula is C15H11F3O2. The van der Waals surface area contributed by atoms with Crippen LogP contribution in [0.4, 0.5) is 13.2 Å². The van der Waals surface area contributed by atoms with E-state index in [2.05, 4.69) is 0 Å². The highest BCUT2D eigenvalue weighted by atomic mass is 19.4. The minimum Gasteiger partial charge on any atom is -0.457 e. The van der Waals surface area contributed by atoms with Crippen molar-refractivity contribution in [2.24, 2.45) is 0 Å². The molecular weight excluding hydrogens is 269 g/mol. The summed E-state index contributed by atoms with van der Waals surface area (Å²) < 4.78 is 44.1. The van der Waals surface area contributed by atoms with Crippen molar-refractivity contribution in [3.63, 3.8) is 0 Å². The third kappa shape index (κ3) is 3.17. The number of hydrogen-bond donors (Lipinski definition) is 0. The summed E-state index contributed by atoms with van der Waals surface area (Å²) in [6, 6.07) is 9.85. The third-order valence-electron chi connectivity index (χ3n) is 2.69. The zero-order chi connectivity index (χ0) is 14.8. The van der Waals surface area contributed by atoms with Crippen molar-refractivity contribution >= 4 is 6.29 Å². The lowest BCUT2D eigenvalue weighted by Crippen LogP contribution is -2.08. The van der Waals surface area contributed by atoms with Gasteiger partial charge in [0.2, 0.25) is 0 Å². The number of hydrogen-bond acceptors (Lipinski definition) is 2. The maximum atomic E-state index is 12.9. The van der Waals surface area contributed by atoms with E-state index in [9.17, 15) is 18.0 Å². The second-order valence-corrected chi connectivity index (χ2v) is 4.29. The van der Waals surface area contributed by atoms with Gasteiger partial charge >= 0.3 is 6.18 Å². The van der Waals surface area contributed by atoms with Gasteiger partial charge in [-0.1, -0.05) is 17.7 Å². The number of rotatable bonds is 3. The summed E-state index contributed by atoms with van der Waals surface area (Å²) in [5, 5.41) is 0. The summed E-state index contributed by atoms with van der Waals surface area (Å²) in [6.07, 6.45) is -4.22. The van der Waals surface area contributed by atoms with E-state index >= 15 is 0 Å². The molecule has 2 aromatic rings. The molecule has 0 heterocycles. The minimum absolute atomic E-state index is 0.0476. The normalized spacial score (nSPS) is 11.2. The smallest absolute Gasteiger partial charge is 0.420 e. The Morgan fingerprint density at radius 2 is 1.70 bits per heavy atom. The maximum Gasteiger partial charge on any atom is 0.420 e. The van der Waals surface area contributed by atoms with E-state index in [0.717, 1.165) is 17.7 Å². The van der Waals surface area contributed by atoms with Crippen LogP contribution in [-0.4, -0.2) is 6.29 Å². The first-order chi connectivity index (χ1) is 9.40. The van der Waals surface area contributed by atoms with E-state index in [1.165, 1.54) is 6.07 Å². The molecule has 0 saturated carbocycles. The molecule has 0 aromatic heterocycles. The molecule has 0 bridgehead atoms. The Hall–Kier alpha value is -2.30. The number of ether oxygens (including phenoxy) is 1. The highest BCUT2D eigenvalue weighted by Gasteiger charge is 2.34. The molecule has 2 aromatic carbocycles. The van der Waals surface area contributed by atoms with Gasteiger partial charge in [-0.15, -0.1) is 0 Å². The van der Waals surface area contributed by atoms with Gasteiger partial charge in [0.25, 0.3) is 0 Å². The van der Waals surface area contributed by atoms with Crippen LogP contribution >= 0.6 is 0 Å². The number of carbonyl (C=O) groups is 1. The van der Waals surface area contributed by atoms with Gasteiger partial charge in [0.1, 0.15) is 17.8 Å². The minimum atomic E-state index is -4.58. The monoisotopic (exact) mass is 280 g/mol. The molecule has 0 unspecified atom stereocenters. The Bertz CT molecular complexity index is 616. The number of alkyl halides is 3. The molecule has 0 aliphatic heterocycles. The van der Waals surface area contributed by atoms with Crippen LogP contribution in [0.2, 0.25) is 0 Å². The lowest BCUT2D eigenvalue weighted by Gasteiger charge is -2.14. The van der Waals surface area contributed by atoms with Crippen LogP contribution in [0, 0.1) is 6.92 Å². The van der Waals surface area contributed by atoms with Crippen molar-refractivity contribution in [1.29, 1.82) is 0 Å². The second kappa shape index (κ2) is 5.36. The van der Waals surface area contributed by atoms with Crippen molar-refractivity contribution in [1.82, 2.24) is 0 Å². The summed E-state index contributed by atoms with van der Waals surface area (Å²) in [5.74, 6) is -0.0214. The average molecular weight is 280 g/mol. The molecule has 2 rings (SSSR count). The number of aryl methyl sites for hydroxylation is 1. The van der Waals surface area contributed by atoms with Crippen LogP contribution in [0.5, 0.6) is 11.5 Å². The van der Waals surface area contributed by atoms with Gasteiger partial charge in [-0.3, -0.25) is 4.79 Å². The van der Waals surface area contributed by atoms with Gasteiger partial charge in [0, 0.05) is 5.56 Å². The standard InChI is InChI=1S/C15H11F3O2/c1-10-2-5-12(6-3-10)20-14-7-4-11(9-19)8-13(14)15(16,17)18/h2-9H,1H3. The van der Waals surface area contributed by atoms with Crippen LogP contribution in [0.3, 0.4) is 0 Å². The topological polar surface area (TPSA) is 26.3 Å². The maximum absolute atomic E-state index is 12.9. The Kier molecular flexibility index (Phi) is 3.79. The lowest BCUT2D eigenvalue weighted by atomic mass is 10.1. The summed E-state index contributed by atoms with van der Waals surface area (Å²) in [7, 11) is 0. The van der Waals surface area contributed by atoms with E-state index in [1.807, 2.05) is 6.92 Å². The van der Waals surface area contributed by atoms with Gasteiger partial charge in [-0.05, 0) is 37.3 Å². The molecule has 0 fully saturated rings. The van der Waals surface area contributed by atoms with E-state index < -0.39 is 11.7 Å². The Balaban J connectivity index is 2.40. The molecule has 2 nitrogen and oxygen atoms in total. The van der Waals surface area contributed by atoms with Crippen LogP contribution in [-0.2, 0) is 6.18 Å². The first kappa shape index (κ1) is 14.1. The summed E-state index contributed by atoms with van der Waals surface area (Å²) in [4.78, 5) is 10.6. The molecule has 0 aliphatic carbocycles. The first-order valence-corrected chi connectivity index (χ1v) is 5.81. The molecule has 0 spiro atoms. The van der Waals surface area contributed by atoms with Crippen molar-refractivity contribution in [2.45, 2.75) is 13.1 Å². The molecule has 20 heavy (non-hydrogen) atoms. The molecule has 0 radical (unpaired) electrons. The molecule has 104 valence electrons. The van der Waals surface area contributed by atoms with Crippen LogP contribution in [0.1, 0.15) is 21.5 Å². The van der Waals surface area contributed by atoms with E-state index in [-0.39, 0.29) is 11.3 Å². The highest BCUT2D eigenvalue weighted by molar-refractivity contribution is 5.75. The number of halogens is 3. The van der Waals surface area contributed by atoms with Crippen molar-refractivity contribution < 1.29 is 22.7 Å². The van der Waals surface area contributed by atoms with E-state index in [0.29, 0.717) is 12.0 Å². The largest absolute Gasteiger partial charge is 0.457 e. The molecule has 0 saturated heterocycles. The van der Waals surface area contributed by atoms with Gasteiger partial charge in [0.15, 0.2) is 0 Å². The fraction of sp³-hybridized carbons (Fsp3) is 0.133. The molecule has 0 atom stereocenters. The molecule has 0 aliphatic rings. The first-order valence-electron chi connectivity index (χ1n) is 5.81. The van der Waals surface area contributed by atoms with Crippen molar-refractivity contribution in [3.8, 4) is 11.5 Å². The Labute approximate surface area is 113 Å². The van der Waals surface area contributed by atoms with Crippen LogP contribution in [0.25, 0.3) is 0 Å². The summed E-state index contributed by atoms with van der Waals surface area (Å²) >= 11 is 0. The summed E-state index contributed by atoms with van der Waals surface area (Å²) in [6.45, 7) is 1.86. The predicted octanol–water partition coefficient (Wildman–Crippen LogP) is 4.62. The van der Waals surface area contributed by atoms with Gasteiger partial charge in [0.05, 0.1) is 5.56 Å². The second-order valence-electron chi connectivity index (χ2n) is 4.29. The van der Waals surface area contributed by atoms with E-state index in [4.69, 9.17) is 4.74 Å². The van der Waals surface area contributed by atoms with Crippen molar-refractivity contribution in [2.75, 3.05) is 0 Å². The van der Waals surface area contributed by atoms with Gasteiger partial charge < -0.3 is 4.74 Å². The average Bonchev–Trinajstić information content (AvgIpc) is 2.40. The zero-order valence-electron chi connectivity index (χ0n) is 10.6. The third-order valence-corrected chi connectivity index (χ3v) is 2.69. The SMILES string of the molecule is Cc1ccc(Oc2ccc(C=O)cc2C(F)(F)F)cc1. The fourth-order valence-corrected chi connectivity index (χ4v) is 1.66. The molecule has 0 amide bonds. The molecule has 0 N–H and O–H groups in total. The van der Waals surface area contributed by atoms with Gasteiger partial charge in [-0.2, -0.15) is 13.2 Å². The predicted molar refractivity (Wildman–Crippen MR) is 68.1 cm³/mol. The highest BCUT2D eigenvalue weighted by Crippen LogP contribution is 2.38.